The smallest absolute Gasteiger partial charge is 0.159 e. The van der Waals surface area contributed by atoms with Gasteiger partial charge in [-0.25, -0.2) is 8.78 Å². The Bertz CT molecular complexity index is 584. The molecule has 0 bridgehead atoms. The Balaban J connectivity index is 2.31. The van der Waals surface area contributed by atoms with E-state index in [-0.39, 0.29) is 5.41 Å². The van der Waals surface area contributed by atoms with Crippen molar-refractivity contribution in [2.24, 2.45) is 0 Å². The van der Waals surface area contributed by atoms with Crippen molar-refractivity contribution in [3.63, 3.8) is 0 Å². The maximum Gasteiger partial charge on any atom is 0.159 e. The fourth-order valence-electron chi connectivity index (χ4n) is 1.73. The number of hydrogen-bond donors (Lipinski definition) is 0. The summed E-state index contributed by atoms with van der Waals surface area (Å²) in [4.78, 5) is 2.16. The zero-order chi connectivity index (χ0) is 14.2. The second-order valence-corrected chi connectivity index (χ2v) is 7.04. The van der Waals surface area contributed by atoms with Crippen molar-refractivity contribution in [1.82, 2.24) is 0 Å². The predicted molar refractivity (Wildman–Crippen MR) is 77.1 cm³/mol. The van der Waals surface area contributed by atoms with Crippen molar-refractivity contribution in [1.29, 1.82) is 0 Å². The van der Waals surface area contributed by atoms with E-state index >= 15 is 0 Å². The molecule has 102 valence electrons. The van der Waals surface area contributed by atoms with Crippen molar-refractivity contribution >= 4 is 22.9 Å². The van der Waals surface area contributed by atoms with Gasteiger partial charge in [0, 0.05) is 9.75 Å². The Kier molecular flexibility index (Phi) is 3.98. The van der Waals surface area contributed by atoms with Gasteiger partial charge >= 0.3 is 0 Å². The summed E-state index contributed by atoms with van der Waals surface area (Å²) in [5, 5.41) is -0.448. The SMILES string of the molecule is CC(C)(C)c1ccc(C(Cl)c2ccc(F)c(F)c2)s1. The van der Waals surface area contributed by atoms with Crippen molar-refractivity contribution in [3.8, 4) is 0 Å². The molecular weight excluding hydrogens is 286 g/mol. The number of thiophene rings is 1. The lowest BCUT2D eigenvalue weighted by molar-refractivity contribution is 0.507. The molecule has 2 rings (SSSR count). The van der Waals surface area contributed by atoms with Crippen LogP contribution in [0.4, 0.5) is 8.78 Å². The van der Waals surface area contributed by atoms with Crippen LogP contribution in [-0.4, -0.2) is 0 Å². The summed E-state index contributed by atoms with van der Waals surface area (Å²) in [5.41, 5.74) is 0.635. The van der Waals surface area contributed by atoms with Crippen LogP contribution < -0.4 is 0 Å². The predicted octanol–water partition coefficient (Wildman–Crippen LogP) is 5.65. The summed E-state index contributed by atoms with van der Waals surface area (Å²) in [6, 6.07) is 7.77. The molecular formula is C15H15ClF2S. The molecule has 0 spiro atoms. The van der Waals surface area contributed by atoms with Gasteiger partial charge in [-0.15, -0.1) is 22.9 Å². The van der Waals surface area contributed by atoms with Crippen LogP contribution in [0.25, 0.3) is 0 Å². The molecule has 0 amide bonds. The monoisotopic (exact) mass is 300 g/mol. The molecule has 0 saturated heterocycles. The van der Waals surface area contributed by atoms with E-state index in [1.54, 1.807) is 11.3 Å². The summed E-state index contributed by atoms with van der Waals surface area (Å²) >= 11 is 7.95. The summed E-state index contributed by atoms with van der Waals surface area (Å²) in [6.07, 6.45) is 0. The van der Waals surface area contributed by atoms with Crippen molar-refractivity contribution in [2.45, 2.75) is 31.6 Å². The molecule has 0 fully saturated rings. The molecule has 19 heavy (non-hydrogen) atoms. The molecule has 0 aliphatic heterocycles. The Morgan fingerprint density at radius 3 is 2.26 bits per heavy atom. The van der Waals surface area contributed by atoms with Gasteiger partial charge in [0.2, 0.25) is 0 Å². The minimum atomic E-state index is -0.865. The topological polar surface area (TPSA) is 0 Å². The first kappa shape index (κ1) is 14.5. The maximum absolute atomic E-state index is 13.2. The van der Waals surface area contributed by atoms with Gasteiger partial charge in [-0.1, -0.05) is 26.8 Å². The van der Waals surface area contributed by atoms with E-state index in [2.05, 4.69) is 20.8 Å². The third-order valence-corrected chi connectivity index (χ3v) is 5.04. The third-order valence-electron chi connectivity index (χ3n) is 2.85. The molecule has 2 aromatic rings. The fraction of sp³-hybridized carbons (Fsp3) is 0.333. The first-order valence-electron chi connectivity index (χ1n) is 5.98. The summed E-state index contributed by atoms with van der Waals surface area (Å²) < 4.78 is 26.1. The molecule has 1 aromatic carbocycles. The van der Waals surface area contributed by atoms with Gasteiger partial charge in [0.05, 0.1) is 5.38 Å². The van der Waals surface area contributed by atoms with Crippen molar-refractivity contribution in [2.75, 3.05) is 0 Å². The molecule has 0 aliphatic carbocycles. The van der Waals surface area contributed by atoms with E-state index in [9.17, 15) is 8.78 Å². The Morgan fingerprint density at radius 1 is 1.05 bits per heavy atom. The van der Waals surface area contributed by atoms with E-state index in [0.717, 1.165) is 17.0 Å². The second kappa shape index (κ2) is 5.22. The van der Waals surface area contributed by atoms with Gasteiger partial charge in [-0.05, 0) is 35.2 Å². The van der Waals surface area contributed by atoms with Crippen LogP contribution in [0.15, 0.2) is 30.3 Å². The Labute approximate surface area is 121 Å². The van der Waals surface area contributed by atoms with Gasteiger partial charge < -0.3 is 0 Å². The number of rotatable bonds is 2. The van der Waals surface area contributed by atoms with Crippen molar-refractivity contribution in [3.05, 3.63) is 57.3 Å². The van der Waals surface area contributed by atoms with Gasteiger partial charge in [-0.2, -0.15) is 0 Å². The molecule has 1 aromatic heterocycles. The highest BCUT2D eigenvalue weighted by Crippen LogP contribution is 2.37. The summed E-state index contributed by atoms with van der Waals surface area (Å²) in [5.74, 6) is -1.72. The lowest BCUT2D eigenvalue weighted by Crippen LogP contribution is -2.07. The van der Waals surface area contributed by atoms with Crippen LogP contribution in [0.1, 0.15) is 41.5 Å². The minimum Gasteiger partial charge on any atom is -0.204 e. The van der Waals surface area contributed by atoms with Gasteiger partial charge in [0.1, 0.15) is 0 Å². The quantitative estimate of drug-likeness (QED) is 0.628. The molecule has 1 heterocycles. The van der Waals surface area contributed by atoms with Gasteiger partial charge in [0.15, 0.2) is 11.6 Å². The molecule has 4 heteroatoms. The average molecular weight is 301 g/mol. The molecule has 1 atom stereocenters. The Morgan fingerprint density at radius 2 is 1.74 bits per heavy atom. The highest BCUT2D eigenvalue weighted by Gasteiger charge is 2.20. The highest BCUT2D eigenvalue weighted by atomic mass is 35.5. The number of benzene rings is 1. The van der Waals surface area contributed by atoms with Crippen LogP contribution in [0.2, 0.25) is 0 Å². The minimum absolute atomic E-state index is 0.0631. The summed E-state index contributed by atoms with van der Waals surface area (Å²) in [6.45, 7) is 6.39. The van der Waals surface area contributed by atoms with Crippen LogP contribution in [0.5, 0.6) is 0 Å². The first-order chi connectivity index (χ1) is 8.79. The van der Waals surface area contributed by atoms with Crippen molar-refractivity contribution < 1.29 is 8.78 Å². The fourth-order valence-corrected chi connectivity index (χ4v) is 3.14. The largest absolute Gasteiger partial charge is 0.204 e. The van der Waals surface area contributed by atoms with E-state index < -0.39 is 17.0 Å². The number of alkyl halides is 1. The van der Waals surface area contributed by atoms with E-state index in [1.165, 1.54) is 10.9 Å². The molecule has 0 radical (unpaired) electrons. The first-order valence-corrected chi connectivity index (χ1v) is 7.23. The number of halogens is 3. The zero-order valence-electron chi connectivity index (χ0n) is 11.0. The van der Waals surface area contributed by atoms with Gasteiger partial charge in [-0.3, -0.25) is 0 Å². The lowest BCUT2D eigenvalue weighted by atomic mass is 9.95. The molecule has 1 unspecified atom stereocenters. The van der Waals surface area contributed by atoms with E-state index in [1.807, 2.05) is 12.1 Å². The van der Waals surface area contributed by atoms with E-state index in [0.29, 0.717) is 5.56 Å². The molecule has 0 nitrogen and oxygen atoms in total. The Hall–Kier alpha value is -0.930. The zero-order valence-corrected chi connectivity index (χ0v) is 12.6. The normalized spacial score (nSPS) is 13.6. The highest BCUT2D eigenvalue weighted by molar-refractivity contribution is 7.12. The van der Waals surface area contributed by atoms with Crippen LogP contribution >= 0.6 is 22.9 Å². The average Bonchev–Trinajstić information content (AvgIpc) is 2.81. The lowest BCUT2D eigenvalue weighted by Gasteiger charge is -2.15. The third kappa shape index (κ3) is 3.15. The van der Waals surface area contributed by atoms with Crippen LogP contribution in [0, 0.1) is 11.6 Å². The summed E-state index contributed by atoms with van der Waals surface area (Å²) in [7, 11) is 0. The molecule has 0 aliphatic rings. The van der Waals surface area contributed by atoms with Crippen LogP contribution in [0.3, 0.4) is 0 Å². The molecule has 0 saturated carbocycles. The van der Waals surface area contributed by atoms with E-state index in [4.69, 9.17) is 11.6 Å². The molecule has 0 N–H and O–H groups in total. The van der Waals surface area contributed by atoms with Gasteiger partial charge in [0.25, 0.3) is 0 Å². The maximum atomic E-state index is 13.2. The second-order valence-electron chi connectivity index (χ2n) is 5.49. The number of hydrogen-bond acceptors (Lipinski definition) is 1. The van der Waals surface area contributed by atoms with Crippen LogP contribution in [-0.2, 0) is 5.41 Å². The standard InChI is InChI=1S/C15H15ClF2S/c1-15(2,3)13-7-6-12(19-13)14(16)9-4-5-10(17)11(18)8-9/h4-8,14H,1-3H3.